The Hall–Kier alpha value is 0.0569. The van der Waals surface area contributed by atoms with Gasteiger partial charge in [0.05, 0.1) is 0 Å². The third kappa shape index (κ3) is 1.87. The van der Waals surface area contributed by atoms with E-state index in [4.69, 9.17) is 18.3 Å². The third-order valence-electron chi connectivity index (χ3n) is 2.65. The molecule has 1 saturated heterocycles. The largest absolute Gasteiger partial charge is 0.402 e. The predicted octanol–water partition coefficient (Wildman–Crippen LogP) is 1.43. The van der Waals surface area contributed by atoms with Gasteiger partial charge in [0.25, 0.3) is 0 Å². The number of rotatable bonds is 7. The molecule has 1 unspecified atom stereocenters. The van der Waals surface area contributed by atoms with Gasteiger partial charge in [0.15, 0.2) is 0 Å². The van der Waals surface area contributed by atoms with Crippen LogP contribution in [-0.2, 0) is 18.3 Å². The minimum atomic E-state index is -2.32. The normalized spacial score (nSPS) is 26.6. The van der Waals surface area contributed by atoms with E-state index in [0.717, 1.165) is 12.5 Å². The summed E-state index contributed by atoms with van der Waals surface area (Å²) in [6.45, 7) is 5.43. The van der Waals surface area contributed by atoms with Crippen LogP contribution in [0.25, 0.3) is 0 Å². The number of ether oxygens (including phenoxy) is 2. The number of hydrogen-bond donors (Lipinski definition) is 0. The summed E-state index contributed by atoms with van der Waals surface area (Å²) in [6.07, 6.45) is 0.979. The smallest absolute Gasteiger partial charge is 0.395 e. The van der Waals surface area contributed by atoms with E-state index < -0.39 is 14.0 Å². The molecular weight excluding hydrogens is 200 g/mol. The fourth-order valence-electron chi connectivity index (χ4n) is 1.70. The molecular formula is C9H20O4Si. The molecule has 0 spiro atoms. The van der Waals surface area contributed by atoms with Crippen molar-refractivity contribution in [3.05, 3.63) is 0 Å². The Morgan fingerprint density at radius 2 is 1.86 bits per heavy atom. The van der Waals surface area contributed by atoms with E-state index >= 15 is 0 Å². The maximum atomic E-state index is 5.72. The maximum Gasteiger partial charge on any atom is 0.402 e. The summed E-state index contributed by atoms with van der Waals surface area (Å²) < 4.78 is 22.2. The average Bonchev–Trinajstić information content (AvgIpc) is 3.00. The second-order valence-corrected chi connectivity index (χ2v) is 7.20. The van der Waals surface area contributed by atoms with Gasteiger partial charge in [-0.15, -0.1) is 0 Å². The van der Waals surface area contributed by atoms with Crippen molar-refractivity contribution in [1.82, 2.24) is 0 Å². The fraction of sp³-hybridized carbons (Fsp3) is 1.00. The molecule has 1 rings (SSSR count). The highest BCUT2D eigenvalue weighted by Gasteiger charge is 2.67. The lowest BCUT2D eigenvalue weighted by Crippen LogP contribution is -2.56. The average molecular weight is 220 g/mol. The fourth-order valence-corrected chi connectivity index (χ4v) is 4.44. The lowest BCUT2D eigenvalue weighted by atomic mass is 10.5. The van der Waals surface area contributed by atoms with E-state index in [9.17, 15) is 0 Å². The zero-order valence-corrected chi connectivity index (χ0v) is 10.5. The lowest BCUT2D eigenvalue weighted by Gasteiger charge is -2.31. The van der Waals surface area contributed by atoms with Gasteiger partial charge in [0.2, 0.25) is 5.41 Å². The molecule has 4 nitrogen and oxygen atoms in total. The Morgan fingerprint density at radius 3 is 2.14 bits per heavy atom. The van der Waals surface area contributed by atoms with E-state index in [0.29, 0.717) is 13.2 Å². The van der Waals surface area contributed by atoms with E-state index in [1.807, 2.05) is 0 Å². The summed E-state index contributed by atoms with van der Waals surface area (Å²) >= 11 is 0. The van der Waals surface area contributed by atoms with Crippen LogP contribution in [0.15, 0.2) is 0 Å². The Labute approximate surface area is 86.7 Å². The lowest BCUT2D eigenvalue weighted by molar-refractivity contribution is -0.0242. The van der Waals surface area contributed by atoms with Crippen LogP contribution in [-0.4, -0.2) is 41.4 Å². The van der Waals surface area contributed by atoms with Crippen molar-refractivity contribution in [2.24, 2.45) is 0 Å². The van der Waals surface area contributed by atoms with Crippen molar-refractivity contribution in [1.29, 1.82) is 0 Å². The summed E-state index contributed by atoms with van der Waals surface area (Å²) in [6, 6.07) is 0.837. The highest BCUT2D eigenvalue weighted by Crippen LogP contribution is 2.41. The molecule has 0 aliphatic carbocycles. The molecule has 1 aliphatic rings. The van der Waals surface area contributed by atoms with Gasteiger partial charge < -0.3 is 18.3 Å². The molecule has 1 atom stereocenters. The SMILES string of the molecule is CCCOC1([Si](CC)(OC)OC)CO1. The van der Waals surface area contributed by atoms with Crippen LogP contribution in [0.4, 0.5) is 0 Å². The minimum absolute atomic E-state index is 0.540. The van der Waals surface area contributed by atoms with Gasteiger partial charge in [0.1, 0.15) is 6.61 Å². The molecule has 0 bridgehead atoms. The highest BCUT2D eigenvalue weighted by molar-refractivity contribution is 6.70. The summed E-state index contributed by atoms with van der Waals surface area (Å²) in [5, 5.41) is 0. The Balaban J connectivity index is 2.66. The van der Waals surface area contributed by atoms with Crippen LogP contribution in [0.5, 0.6) is 0 Å². The molecule has 84 valence electrons. The van der Waals surface area contributed by atoms with E-state index in [1.165, 1.54) is 0 Å². The van der Waals surface area contributed by atoms with Crippen LogP contribution in [0, 0.1) is 0 Å². The second kappa shape index (κ2) is 4.72. The quantitative estimate of drug-likeness (QED) is 0.481. The summed E-state index contributed by atoms with van der Waals surface area (Å²) in [5.41, 5.74) is -0.540. The number of hydrogen-bond acceptors (Lipinski definition) is 4. The second-order valence-electron chi connectivity index (χ2n) is 3.40. The predicted molar refractivity (Wildman–Crippen MR) is 55.2 cm³/mol. The first-order chi connectivity index (χ1) is 6.70. The Morgan fingerprint density at radius 1 is 1.29 bits per heavy atom. The van der Waals surface area contributed by atoms with Crippen LogP contribution in [0.2, 0.25) is 6.04 Å². The van der Waals surface area contributed by atoms with E-state index in [1.54, 1.807) is 14.2 Å². The molecule has 0 N–H and O–H groups in total. The van der Waals surface area contributed by atoms with Gasteiger partial charge in [-0.3, -0.25) is 0 Å². The van der Waals surface area contributed by atoms with Crippen molar-refractivity contribution in [3.63, 3.8) is 0 Å². The molecule has 0 amide bonds. The zero-order valence-electron chi connectivity index (χ0n) is 9.46. The monoisotopic (exact) mass is 220 g/mol. The minimum Gasteiger partial charge on any atom is -0.395 e. The van der Waals surface area contributed by atoms with Gasteiger partial charge >= 0.3 is 8.56 Å². The first kappa shape index (κ1) is 12.1. The van der Waals surface area contributed by atoms with Gasteiger partial charge in [-0.25, -0.2) is 0 Å². The van der Waals surface area contributed by atoms with Crippen LogP contribution < -0.4 is 0 Å². The van der Waals surface area contributed by atoms with Crippen molar-refractivity contribution in [2.45, 2.75) is 31.7 Å². The molecule has 1 heterocycles. The van der Waals surface area contributed by atoms with Gasteiger partial charge in [0, 0.05) is 20.8 Å². The molecule has 1 fully saturated rings. The van der Waals surface area contributed by atoms with Crippen molar-refractivity contribution >= 4 is 8.56 Å². The van der Waals surface area contributed by atoms with E-state index in [2.05, 4.69) is 13.8 Å². The summed E-state index contributed by atoms with van der Waals surface area (Å²) in [4.78, 5) is 0. The van der Waals surface area contributed by atoms with Gasteiger partial charge in [-0.1, -0.05) is 13.8 Å². The summed E-state index contributed by atoms with van der Waals surface area (Å²) in [7, 11) is 1.04. The van der Waals surface area contributed by atoms with Crippen LogP contribution in [0.3, 0.4) is 0 Å². The van der Waals surface area contributed by atoms with Crippen LogP contribution >= 0.6 is 0 Å². The molecule has 0 saturated carbocycles. The standard InChI is InChI=1S/C9H20O4Si/c1-5-7-12-9(8-13-9)14(6-2,10-3)11-4/h5-8H2,1-4H3. The molecule has 0 radical (unpaired) electrons. The maximum absolute atomic E-state index is 5.72. The van der Waals surface area contributed by atoms with E-state index in [-0.39, 0.29) is 0 Å². The molecule has 0 aromatic carbocycles. The number of epoxide rings is 1. The van der Waals surface area contributed by atoms with Crippen molar-refractivity contribution in [2.75, 3.05) is 27.4 Å². The molecule has 1 aliphatic heterocycles. The van der Waals surface area contributed by atoms with Crippen LogP contribution in [0.1, 0.15) is 20.3 Å². The first-order valence-corrected chi connectivity index (χ1v) is 7.11. The van der Waals surface area contributed by atoms with Gasteiger partial charge in [-0.2, -0.15) is 0 Å². The highest BCUT2D eigenvalue weighted by atomic mass is 28.4. The molecule has 5 heteroatoms. The Bertz CT molecular complexity index is 169. The third-order valence-corrected chi connectivity index (χ3v) is 6.49. The molecule has 0 aromatic rings. The topological polar surface area (TPSA) is 40.2 Å². The first-order valence-electron chi connectivity index (χ1n) is 5.08. The zero-order chi connectivity index (χ0) is 10.7. The summed E-state index contributed by atoms with van der Waals surface area (Å²) in [5.74, 6) is 0. The molecule has 0 aromatic heterocycles. The van der Waals surface area contributed by atoms with Gasteiger partial charge in [-0.05, 0) is 12.5 Å². The molecule has 14 heavy (non-hydrogen) atoms. The van der Waals surface area contributed by atoms with Crippen molar-refractivity contribution < 1.29 is 18.3 Å². The van der Waals surface area contributed by atoms with Crippen molar-refractivity contribution in [3.8, 4) is 0 Å². The Kier molecular flexibility index (Phi) is 4.09.